The van der Waals surface area contributed by atoms with Gasteiger partial charge in [-0.05, 0) is 37.6 Å². The maximum absolute atomic E-state index is 11.4. The molecular weight excluding hydrogens is 244 g/mol. The first kappa shape index (κ1) is 13.4. The van der Waals surface area contributed by atoms with Gasteiger partial charge in [0.25, 0.3) is 5.69 Å². The molecule has 0 saturated heterocycles. The Morgan fingerprint density at radius 3 is 2.74 bits per heavy atom. The number of aromatic nitrogens is 1. The molecule has 19 heavy (non-hydrogen) atoms. The second kappa shape index (κ2) is 5.32. The van der Waals surface area contributed by atoms with Gasteiger partial charge in [-0.25, -0.2) is 0 Å². The van der Waals surface area contributed by atoms with Crippen molar-refractivity contribution in [3.63, 3.8) is 0 Å². The van der Waals surface area contributed by atoms with Crippen LogP contribution in [0.1, 0.15) is 31.7 Å². The number of nitrogens with zero attached hydrogens (tertiary/aromatic N) is 2. The highest BCUT2D eigenvalue weighted by Gasteiger charge is 2.26. The molecule has 1 aromatic heterocycles. The van der Waals surface area contributed by atoms with Gasteiger partial charge in [0, 0.05) is 17.7 Å². The predicted octanol–water partition coefficient (Wildman–Crippen LogP) is 3.02. The number of nitro benzene ring substituents is 1. The molecule has 0 spiro atoms. The average Bonchev–Trinajstić information content (AvgIpc) is 2.38. The van der Waals surface area contributed by atoms with E-state index < -0.39 is 6.10 Å². The van der Waals surface area contributed by atoms with E-state index in [4.69, 9.17) is 0 Å². The van der Waals surface area contributed by atoms with Gasteiger partial charge in [0.2, 0.25) is 0 Å². The van der Waals surface area contributed by atoms with E-state index >= 15 is 0 Å². The van der Waals surface area contributed by atoms with Gasteiger partial charge in [0.15, 0.2) is 0 Å². The lowest BCUT2D eigenvalue weighted by Gasteiger charge is -2.19. The summed E-state index contributed by atoms with van der Waals surface area (Å²) in [6.07, 6.45) is 1.62. The van der Waals surface area contributed by atoms with Gasteiger partial charge in [-0.15, -0.1) is 0 Å². The molecule has 0 saturated carbocycles. The number of fused-ring (bicyclic) bond motifs is 1. The van der Waals surface area contributed by atoms with Crippen molar-refractivity contribution in [1.82, 2.24) is 4.98 Å². The van der Waals surface area contributed by atoms with E-state index in [0.29, 0.717) is 22.9 Å². The summed E-state index contributed by atoms with van der Waals surface area (Å²) < 4.78 is 0. The molecule has 2 aromatic rings. The van der Waals surface area contributed by atoms with E-state index in [-0.39, 0.29) is 16.5 Å². The Bertz CT molecular complexity index is 611. The molecule has 5 nitrogen and oxygen atoms in total. The Labute approximate surface area is 111 Å². The quantitative estimate of drug-likeness (QED) is 0.677. The molecule has 2 unspecified atom stereocenters. The van der Waals surface area contributed by atoms with Gasteiger partial charge >= 0.3 is 0 Å². The highest BCUT2D eigenvalue weighted by atomic mass is 16.6. The monoisotopic (exact) mass is 260 g/mol. The summed E-state index contributed by atoms with van der Waals surface area (Å²) >= 11 is 0. The van der Waals surface area contributed by atoms with Crippen molar-refractivity contribution < 1.29 is 10.0 Å². The standard InChI is InChI=1S/C14H16N2O3/c1-3-10(9(2)17)11-6-7-13-12(5-4-8-15-13)14(11)16(18)19/h4-10,17H,3H2,1-2H3. The minimum atomic E-state index is -0.627. The Hall–Kier alpha value is -2.01. The van der Waals surface area contributed by atoms with Crippen LogP contribution in [0.25, 0.3) is 10.9 Å². The Balaban J connectivity index is 2.74. The zero-order valence-corrected chi connectivity index (χ0v) is 10.9. The van der Waals surface area contributed by atoms with Crippen LogP contribution in [0, 0.1) is 10.1 Å². The third kappa shape index (κ3) is 2.42. The molecule has 1 aromatic carbocycles. The Kier molecular flexibility index (Phi) is 3.76. The van der Waals surface area contributed by atoms with E-state index in [1.54, 1.807) is 37.4 Å². The van der Waals surface area contributed by atoms with Crippen molar-refractivity contribution in [2.75, 3.05) is 0 Å². The second-order valence-electron chi connectivity index (χ2n) is 4.59. The molecule has 0 amide bonds. The fourth-order valence-corrected chi connectivity index (χ4v) is 2.48. The number of hydrogen-bond acceptors (Lipinski definition) is 4. The molecule has 1 heterocycles. The molecule has 0 aliphatic carbocycles. The first-order chi connectivity index (χ1) is 9.06. The van der Waals surface area contributed by atoms with Crippen molar-refractivity contribution in [3.8, 4) is 0 Å². The molecular formula is C14H16N2O3. The van der Waals surface area contributed by atoms with Gasteiger partial charge < -0.3 is 5.11 Å². The lowest BCUT2D eigenvalue weighted by Crippen LogP contribution is -2.15. The number of benzene rings is 1. The van der Waals surface area contributed by atoms with Crippen molar-refractivity contribution in [2.24, 2.45) is 0 Å². The molecule has 0 radical (unpaired) electrons. The highest BCUT2D eigenvalue weighted by Crippen LogP contribution is 2.36. The van der Waals surface area contributed by atoms with Crippen LogP contribution in [0.15, 0.2) is 30.5 Å². The van der Waals surface area contributed by atoms with Crippen LogP contribution in [0.4, 0.5) is 5.69 Å². The van der Waals surface area contributed by atoms with Gasteiger partial charge in [-0.3, -0.25) is 15.1 Å². The number of hydrogen-bond donors (Lipinski definition) is 1. The van der Waals surface area contributed by atoms with Gasteiger partial charge in [0.05, 0.1) is 21.9 Å². The SMILES string of the molecule is CCC(c1ccc2ncccc2c1[N+](=O)[O-])C(C)O. The summed E-state index contributed by atoms with van der Waals surface area (Å²) in [6.45, 7) is 3.57. The number of rotatable bonds is 4. The van der Waals surface area contributed by atoms with Crippen molar-refractivity contribution >= 4 is 16.6 Å². The van der Waals surface area contributed by atoms with Gasteiger partial charge in [-0.2, -0.15) is 0 Å². The summed E-state index contributed by atoms with van der Waals surface area (Å²) in [5.74, 6) is -0.245. The van der Waals surface area contributed by atoms with E-state index in [9.17, 15) is 15.2 Å². The zero-order chi connectivity index (χ0) is 14.0. The lowest BCUT2D eigenvalue weighted by atomic mass is 9.89. The maximum Gasteiger partial charge on any atom is 0.282 e. The summed E-state index contributed by atoms with van der Waals surface area (Å²) in [6, 6.07) is 6.85. The maximum atomic E-state index is 11.4. The first-order valence-electron chi connectivity index (χ1n) is 6.26. The van der Waals surface area contributed by atoms with Crippen molar-refractivity contribution in [2.45, 2.75) is 32.3 Å². The molecule has 5 heteroatoms. The Morgan fingerprint density at radius 1 is 1.42 bits per heavy atom. The predicted molar refractivity (Wildman–Crippen MR) is 73.1 cm³/mol. The molecule has 1 N–H and O–H groups in total. The third-order valence-electron chi connectivity index (χ3n) is 3.39. The summed E-state index contributed by atoms with van der Waals surface area (Å²) in [5, 5.41) is 21.7. The summed E-state index contributed by atoms with van der Waals surface area (Å²) in [5.41, 5.74) is 1.22. The molecule has 0 bridgehead atoms. The van der Waals surface area contributed by atoms with E-state index in [1.165, 1.54) is 0 Å². The van der Waals surface area contributed by atoms with E-state index in [1.807, 2.05) is 6.92 Å². The summed E-state index contributed by atoms with van der Waals surface area (Å²) in [7, 11) is 0. The van der Waals surface area contributed by atoms with Crippen LogP contribution in [-0.4, -0.2) is 21.1 Å². The van der Waals surface area contributed by atoms with Crippen LogP contribution in [0.2, 0.25) is 0 Å². The van der Waals surface area contributed by atoms with Crippen LogP contribution in [-0.2, 0) is 0 Å². The fourth-order valence-electron chi connectivity index (χ4n) is 2.48. The number of aliphatic hydroxyl groups excluding tert-OH is 1. The smallest absolute Gasteiger partial charge is 0.282 e. The minimum Gasteiger partial charge on any atom is -0.393 e. The van der Waals surface area contributed by atoms with E-state index in [0.717, 1.165) is 0 Å². The van der Waals surface area contributed by atoms with Crippen molar-refractivity contribution in [1.29, 1.82) is 0 Å². The molecule has 2 rings (SSSR count). The number of aliphatic hydroxyl groups is 1. The highest BCUT2D eigenvalue weighted by molar-refractivity contribution is 5.89. The lowest BCUT2D eigenvalue weighted by molar-refractivity contribution is -0.384. The van der Waals surface area contributed by atoms with Crippen LogP contribution >= 0.6 is 0 Å². The van der Waals surface area contributed by atoms with Crippen LogP contribution in [0.5, 0.6) is 0 Å². The molecule has 0 fully saturated rings. The molecule has 100 valence electrons. The van der Waals surface area contributed by atoms with E-state index in [2.05, 4.69) is 4.98 Å². The fraction of sp³-hybridized carbons (Fsp3) is 0.357. The minimum absolute atomic E-state index is 0.0540. The van der Waals surface area contributed by atoms with Crippen LogP contribution in [0.3, 0.4) is 0 Å². The Morgan fingerprint density at radius 2 is 2.16 bits per heavy atom. The van der Waals surface area contributed by atoms with Gasteiger partial charge in [-0.1, -0.05) is 6.92 Å². The largest absolute Gasteiger partial charge is 0.393 e. The number of pyridine rings is 1. The van der Waals surface area contributed by atoms with Crippen LogP contribution < -0.4 is 0 Å². The first-order valence-corrected chi connectivity index (χ1v) is 6.26. The van der Waals surface area contributed by atoms with Gasteiger partial charge in [0.1, 0.15) is 0 Å². The molecule has 2 atom stereocenters. The molecule has 0 aliphatic rings. The molecule has 0 aliphatic heterocycles. The average molecular weight is 260 g/mol. The normalized spacial score (nSPS) is 14.3. The number of nitro groups is 1. The third-order valence-corrected chi connectivity index (χ3v) is 3.39. The van der Waals surface area contributed by atoms with Crippen molar-refractivity contribution in [3.05, 3.63) is 46.1 Å². The topological polar surface area (TPSA) is 76.3 Å². The zero-order valence-electron chi connectivity index (χ0n) is 10.9. The summed E-state index contributed by atoms with van der Waals surface area (Å²) in [4.78, 5) is 15.1. The second-order valence-corrected chi connectivity index (χ2v) is 4.59.